The van der Waals surface area contributed by atoms with Crippen LogP contribution < -0.4 is 10.3 Å². The standard InChI is InChI=1S/C23H26N4O3/c1-3-19-16-13-20(27(4-2)26-9-11-29-12-10-26)24-14-17(16)22(30-19)21-15-7-5-6-8-18(15)25-23(21)28/h5-8,13-14,19H,3-4,9-12H2,1-2H3,(H,25,28). The van der Waals surface area contributed by atoms with E-state index in [2.05, 4.69) is 35.2 Å². The first-order chi connectivity index (χ1) is 14.7. The maximum Gasteiger partial charge on any atom is 0.260 e. The minimum absolute atomic E-state index is 0.0896. The smallest absolute Gasteiger partial charge is 0.260 e. The number of morpholine rings is 1. The number of para-hydroxylation sites is 1. The summed E-state index contributed by atoms with van der Waals surface area (Å²) in [4.78, 5) is 17.5. The average molecular weight is 406 g/mol. The normalized spacial score (nSPS) is 23.0. The molecular weight excluding hydrogens is 380 g/mol. The number of nitrogens with one attached hydrogen (secondary N) is 1. The summed E-state index contributed by atoms with van der Waals surface area (Å²) < 4.78 is 11.8. The molecule has 7 heteroatoms. The molecule has 1 fully saturated rings. The third kappa shape index (κ3) is 3.05. The van der Waals surface area contributed by atoms with E-state index in [1.807, 2.05) is 30.5 Å². The van der Waals surface area contributed by atoms with Gasteiger partial charge in [-0.25, -0.2) is 9.99 Å². The van der Waals surface area contributed by atoms with Gasteiger partial charge < -0.3 is 14.8 Å². The molecule has 3 aliphatic rings. The average Bonchev–Trinajstić information content (AvgIpc) is 3.31. The van der Waals surface area contributed by atoms with Crippen molar-refractivity contribution in [2.75, 3.05) is 43.2 Å². The van der Waals surface area contributed by atoms with Crippen LogP contribution in [0.15, 0.2) is 36.5 Å². The molecule has 4 heterocycles. The first-order valence-electron chi connectivity index (χ1n) is 10.6. The number of rotatable bonds is 4. The molecule has 0 radical (unpaired) electrons. The lowest BCUT2D eigenvalue weighted by molar-refractivity contribution is -0.110. The Morgan fingerprint density at radius 3 is 2.77 bits per heavy atom. The zero-order chi connectivity index (χ0) is 20.7. The van der Waals surface area contributed by atoms with Crippen LogP contribution in [0.4, 0.5) is 11.5 Å². The molecule has 156 valence electrons. The van der Waals surface area contributed by atoms with Gasteiger partial charge in [0.1, 0.15) is 17.7 Å². The van der Waals surface area contributed by atoms with Crippen molar-refractivity contribution in [3.63, 3.8) is 0 Å². The number of ether oxygens (including phenoxy) is 2. The van der Waals surface area contributed by atoms with Crippen LogP contribution >= 0.6 is 0 Å². The SMILES string of the molecule is CCC1OC(=C2C(=O)Nc3ccccc32)c2cnc(N(CC)N3CCOCC3)cc21. The summed E-state index contributed by atoms with van der Waals surface area (Å²) in [5.41, 5.74) is 4.30. The van der Waals surface area contributed by atoms with Crippen molar-refractivity contribution in [3.8, 4) is 0 Å². The van der Waals surface area contributed by atoms with Gasteiger partial charge in [0.15, 0.2) is 0 Å². The van der Waals surface area contributed by atoms with E-state index in [1.165, 1.54) is 0 Å². The Morgan fingerprint density at radius 1 is 1.20 bits per heavy atom. The molecule has 0 spiro atoms. The van der Waals surface area contributed by atoms with Gasteiger partial charge in [0, 0.05) is 48.2 Å². The lowest BCUT2D eigenvalue weighted by Gasteiger charge is -2.37. The van der Waals surface area contributed by atoms with Crippen LogP contribution in [0.1, 0.15) is 43.1 Å². The number of pyridine rings is 1. The quantitative estimate of drug-likeness (QED) is 0.785. The molecule has 0 saturated carbocycles. The second-order valence-corrected chi connectivity index (χ2v) is 7.63. The van der Waals surface area contributed by atoms with Gasteiger partial charge in [0.2, 0.25) is 0 Å². The number of anilines is 2. The number of nitrogens with zero attached hydrogens (tertiary/aromatic N) is 3. The van der Waals surface area contributed by atoms with Crippen molar-refractivity contribution < 1.29 is 14.3 Å². The van der Waals surface area contributed by atoms with Crippen molar-refractivity contribution >= 4 is 28.7 Å². The number of aromatic nitrogens is 1. The number of hydrazine groups is 1. The van der Waals surface area contributed by atoms with E-state index in [0.717, 1.165) is 67.5 Å². The number of hydrogen-bond acceptors (Lipinski definition) is 6. The molecule has 1 saturated heterocycles. The Balaban J connectivity index is 1.57. The Hall–Kier alpha value is -2.90. The summed E-state index contributed by atoms with van der Waals surface area (Å²) in [6.45, 7) is 8.22. The van der Waals surface area contributed by atoms with Crippen molar-refractivity contribution in [3.05, 3.63) is 53.2 Å². The first kappa shape index (κ1) is 19.1. The van der Waals surface area contributed by atoms with E-state index >= 15 is 0 Å². The minimum Gasteiger partial charge on any atom is -0.484 e. The van der Waals surface area contributed by atoms with Crippen LogP contribution in [-0.2, 0) is 14.3 Å². The Morgan fingerprint density at radius 2 is 2.00 bits per heavy atom. The van der Waals surface area contributed by atoms with Gasteiger partial charge in [-0.1, -0.05) is 25.1 Å². The van der Waals surface area contributed by atoms with Crippen molar-refractivity contribution in [1.29, 1.82) is 0 Å². The molecule has 1 aromatic carbocycles. The molecule has 3 aliphatic heterocycles. The van der Waals surface area contributed by atoms with Crippen LogP contribution in [0.3, 0.4) is 0 Å². The van der Waals surface area contributed by atoms with Crippen molar-refractivity contribution in [2.24, 2.45) is 0 Å². The highest BCUT2D eigenvalue weighted by molar-refractivity contribution is 6.36. The number of carbonyl (C=O) groups is 1. The highest BCUT2D eigenvalue weighted by Gasteiger charge is 2.36. The predicted molar refractivity (Wildman–Crippen MR) is 116 cm³/mol. The number of fused-ring (bicyclic) bond motifs is 2. The summed E-state index contributed by atoms with van der Waals surface area (Å²) in [5, 5.41) is 7.44. The molecule has 0 aliphatic carbocycles. The summed E-state index contributed by atoms with van der Waals surface area (Å²) in [6, 6.07) is 9.85. The highest BCUT2D eigenvalue weighted by atomic mass is 16.5. The van der Waals surface area contributed by atoms with Gasteiger partial charge in [-0.15, -0.1) is 0 Å². The first-order valence-corrected chi connectivity index (χ1v) is 10.6. The molecule has 0 bridgehead atoms. The highest BCUT2D eigenvalue weighted by Crippen LogP contribution is 2.47. The second-order valence-electron chi connectivity index (χ2n) is 7.63. The predicted octanol–water partition coefficient (Wildman–Crippen LogP) is 3.46. The van der Waals surface area contributed by atoms with E-state index in [1.54, 1.807) is 0 Å². The number of hydrogen-bond donors (Lipinski definition) is 1. The minimum atomic E-state index is -0.124. The molecule has 5 rings (SSSR count). The fraction of sp³-hybridized carbons (Fsp3) is 0.391. The maximum absolute atomic E-state index is 12.8. The van der Waals surface area contributed by atoms with E-state index < -0.39 is 0 Å². The van der Waals surface area contributed by atoms with Crippen LogP contribution in [-0.4, -0.2) is 48.7 Å². The number of carbonyl (C=O) groups excluding carboxylic acids is 1. The fourth-order valence-electron chi connectivity index (χ4n) is 4.47. The third-order valence-electron chi connectivity index (χ3n) is 5.94. The van der Waals surface area contributed by atoms with E-state index in [-0.39, 0.29) is 12.0 Å². The topological polar surface area (TPSA) is 66.9 Å². The van der Waals surface area contributed by atoms with Crippen LogP contribution in [0.2, 0.25) is 0 Å². The van der Waals surface area contributed by atoms with E-state index in [4.69, 9.17) is 14.5 Å². The van der Waals surface area contributed by atoms with Gasteiger partial charge in [0.25, 0.3) is 5.91 Å². The van der Waals surface area contributed by atoms with E-state index in [9.17, 15) is 4.79 Å². The molecular formula is C23H26N4O3. The number of benzene rings is 1. The summed E-state index contributed by atoms with van der Waals surface area (Å²) >= 11 is 0. The van der Waals surface area contributed by atoms with Crippen molar-refractivity contribution in [2.45, 2.75) is 26.4 Å². The van der Waals surface area contributed by atoms with Gasteiger partial charge in [-0.3, -0.25) is 9.80 Å². The Labute approximate surface area is 176 Å². The molecule has 7 nitrogen and oxygen atoms in total. The van der Waals surface area contributed by atoms with E-state index in [0.29, 0.717) is 11.3 Å². The zero-order valence-electron chi connectivity index (χ0n) is 17.4. The summed E-state index contributed by atoms with van der Waals surface area (Å²) in [6.07, 6.45) is 2.59. The second kappa shape index (κ2) is 7.74. The van der Waals surface area contributed by atoms with Crippen molar-refractivity contribution in [1.82, 2.24) is 9.99 Å². The van der Waals surface area contributed by atoms with Gasteiger partial charge in [-0.05, 0) is 25.5 Å². The van der Waals surface area contributed by atoms with Gasteiger partial charge in [-0.2, -0.15) is 0 Å². The summed E-state index contributed by atoms with van der Waals surface area (Å²) in [5.74, 6) is 1.41. The Kier molecular flexibility index (Phi) is 4.92. The Bertz CT molecular complexity index is 1010. The number of amides is 1. The van der Waals surface area contributed by atoms with Crippen LogP contribution in [0, 0.1) is 0 Å². The molecule has 2 aromatic rings. The lowest BCUT2D eigenvalue weighted by atomic mass is 10.00. The largest absolute Gasteiger partial charge is 0.484 e. The van der Waals surface area contributed by atoms with Crippen LogP contribution in [0.25, 0.3) is 11.3 Å². The molecule has 30 heavy (non-hydrogen) atoms. The maximum atomic E-state index is 12.8. The third-order valence-corrected chi connectivity index (χ3v) is 5.94. The molecule has 1 unspecified atom stereocenters. The lowest BCUT2D eigenvalue weighted by Crippen LogP contribution is -2.49. The molecule has 1 N–H and O–H groups in total. The monoisotopic (exact) mass is 406 g/mol. The van der Waals surface area contributed by atoms with Gasteiger partial charge in [0.05, 0.1) is 18.8 Å². The molecule has 1 aromatic heterocycles. The molecule has 1 atom stereocenters. The molecule has 1 amide bonds. The van der Waals surface area contributed by atoms with Gasteiger partial charge >= 0.3 is 0 Å². The zero-order valence-corrected chi connectivity index (χ0v) is 17.4. The fourth-order valence-corrected chi connectivity index (χ4v) is 4.47. The van der Waals surface area contributed by atoms with Crippen LogP contribution in [0.5, 0.6) is 0 Å². The summed E-state index contributed by atoms with van der Waals surface area (Å²) in [7, 11) is 0.